The zero-order valence-electron chi connectivity index (χ0n) is 16.6. The molecule has 0 aromatic heterocycles. The summed E-state index contributed by atoms with van der Waals surface area (Å²) in [4.78, 5) is 1.20. The Kier molecular flexibility index (Phi) is 6.02. The van der Waals surface area contributed by atoms with E-state index in [1.165, 1.54) is 21.6 Å². The second-order valence-electron chi connectivity index (χ2n) is 8.23. The van der Waals surface area contributed by atoms with Crippen LogP contribution in [0.5, 0.6) is 0 Å². The van der Waals surface area contributed by atoms with E-state index in [-0.39, 0.29) is 5.92 Å². The minimum atomic E-state index is -1.37. The Morgan fingerprint density at radius 3 is 2.31 bits per heavy atom. The van der Waals surface area contributed by atoms with Gasteiger partial charge in [-0.3, -0.25) is 0 Å². The average Bonchev–Trinajstić information content (AvgIpc) is 3.15. The van der Waals surface area contributed by atoms with Gasteiger partial charge in [0.25, 0.3) is 0 Å². The van der Waals surface area contributed by atoms with E-state index in [4.69, 9.17) is 4.74 Å². The molecule has 2 aliphatic heterocycles. The molecule has 0 radical (unpaired) electrons. The van der Waals surface area contributed by atoms with Gasteiger partial charge in [0.05, 0.1) is 6.61 Å². The van der Waals surface area contributed by atoms with Crippen LogP contribution in [0.3, 0.4) is 0 Å². The minimum absolute atomic E-state index is 0.251. The molecule has 4 rings (SSSR count). The molecule has 0 spiro atoms. The summed E-state index contributed by atoms with van der Waals surface area (Å²) in [5, 5.41) is 40.1. The summed E-state index contributed by atoms with van der Waals surface area (Å²) in [6.07, 6.45) is -5.68. The number of thioether (sulfide) groups is 1. The zero-order valence-corrected chi connectivity index (χ0v) is 17.4. The van der Waals surface area contributed by atoms with Crippen LogP contribution in [0.1, 0.15) is 54.0 Å². The number of benzene rings is 2. The SMILES string of the molecule is CC(C)c1ccc([C@@H]2CSc3ccc([C@@H]4O[C@H](CO)[C@@H](O)[C@H](O)[C@H]4O)cc32)cc1. The van der Waals surface area contributed by atoms with Crippen molar-refractivity contribution in [1.82, 2.24) is 0 Å². The average molecular weight is 417 g/mol. The van der Waals surface area contributed by atoms with E-state index in [0.29, 0.717) is 5.92 Å². The van der Waals surface area contributed by atoms with Gasteiger partial charge >= 0.3 is 0 Å². The van der Waals surface area contributed by atoms with E-state index in [9.17, 15) is 20.4 Å². The monoisotopic (exact) mass is 416 g/mol. The van der Waals surface area contributed by atoms with Gasteiger partial charge in [-0.1, -0.05) is 50.2 Å². The molecule has 0 aliphatic carbocycles. The Balaban J connectivity index is 1.63. The van der Waals surface area contributed by atoms with Gasteiger partial charge in [-0.2, -0.15) is 0 Å². The van der Waals surface area contributed by atoms with E-state index in [0.717, 1.165) is 11.3 Å². The van der Waals surface area contributed by atoms with Gasteiger partial charge in [0.1, 0.15) is 30.5 Å². The first-order valence-corrected chi connectivity index (χ1v) is 11.1. The maximum atomic E-state index is 10.5. The third-order valence-electron chi connectivity index (χ3n) is 6.04. The topological polar surface area (TPSA) is 90.2 Å². The van der Waals surface area contributed by atoms with Crippen LogP contribution in [-0.2, 0) is 4.74 Å². The first-order valence-electron chi connectivity index (χ1n) is 10.1. The molecule has 1 saturated heterocycles. The fraction of sp³-hybridized carbons (Fsp3) is 0.478. The molecule has 2 aromatic carbocycles. The lowest BCUT2D eigenvalue weighted by Gasteiger charge is -2.40. The highest BCUT2D eigenvalue weighted by Gasteiger charge is 2.44. The summed E-state index contributed by atoms with van der Waals surface area (Å²) in [5.41, 5.74) is 4.50. The quantitative estimate of drug-likeness (QED) is 0.613. The third-order valence-corrected chi connectivity index (χ3v) is 7.22. The first-order chi connectivity index (χ1) is 13.9. The third kappa shape index (κ3) is 3.85. The summed E-state index contributed by atoms with van der Waals surface area (Å²) < 4.78 is 5.74. The van der Waals surface area contributed by atoms with Crippen molar-refractivity contribution in [2.75, 3.05) is 12.4 Å². The smallest absolute Gasteiger partial charge is 0.113 e. The van der Waals surface area contributed by atoms with Crippen molar-refractivity contribution in [1.29, 1.82) is 0 Å². The van der Waals surface area contributed by atoms with Crippen LogP contribution in [-0.4, -0.2) is 57.2 Å². The first kappa shape index (κ1) is 20.8. The second-order valence-corrected chi connectivity index (χ2v) is 9.29. The molecular formula is C23H28O5S. The molecule has 5 nitrogen and oxygen atoms in total. The van der Waals surface area contributed by atoms with Crippen molar-refractivity contribution in [3.05, 3.63) is 64.7 Å². The standard InChI is InChI=1S/C23H28O5S/c1-12(2)13-3-5-14(6-4-13)17-11-29-19-8-7-15(9-16(17)19)23-22(27)21(26)20(25)18(10-24)28-23/h3-9,12,17-18,20-27H,10-11H2,1-2H3/t17-,18+,20+,21-,22+,23-/m0/s1. The second kappa shape index (κ2) is 8.38. The molecule has 29 heavy (non-hydrogen) atoms. The maximum absolute atomic E-state index is 10.5. The van der Waals surface area contributed by atoms with E-state index >= 15 is 0 Å². The van der Waals surface area contributed by atoms with Gasteiger partial charge in [0.2, 0.25) is 0 Å². The van der Waals surface area contributed by atoms with Crippen LogP contribution < -0.4 is 0 Å². The van der Waals surface area contributed by atoms with Crippen molar-refractivity contribution < 1.29 is 25.2 Å². The van der Waals surface area contributed by atoms with Crippen molar-refractivity contribution in [3.63, 3.8) is 0 Å². The molecule has 0 saturated carbocycles. The molecule has 2 heterocycles. The fourth-order valence-electron chi connectivity index (χ4n) is 4.18. The number of hydrogen-bond donors (Lipinski definition) is 4. The van der Waals surface area contributed by atoms with Crippen molar-refractivity contribution >= 4 is 11.8 Å². The summed E-state index contributed by atoms with van der Waals surface area (Å²) in [6, 6.07) is 14.7. The van der Waals surface area contributed by atoms with Crippen molar-refractivity contribution in [2.24, 2.45) is 0 Å². The molecule has 6 heteroatoms. The Morgan fingerprint density at radius 1 is 0.966 bits per heavy atom. The minimum Gasteiger partial charge on any atom is -0.394 e. The number of rotatable bonds is 4. The van der Waals surface area contributed by atoms with Crippen LogP contribution >= 0.6 is 11.8 Å². The van der Waals surface area contributed by atoms with E-state index in [2.05, 4.69) is 38.1 Å². The number of fused-ring (bicyclic) bond motifs is 1. The van der Waals surface area contributed by atoms with Gasteiger partial charge in [0, 0.05) is 16.6 Å². The molecule has 2 aliphatic rings. The molecule has 1 fully saturated rings. The predicted octanol–water partition coefficient (Wildman–Crippen LogP) is 2.56. The van der Waals surface area contributed by atoms with Crippen LogP contribution in [0.4, 0.5) is 0 Å². The molecular weight excluding hydrogens is 388 g/mol. The maximum Gasteiger partial charge on any atom is 0.113 e. The molecule has 0 unspecified atom stereocenters. The lowest BCUT2D eigenvalue weighted by molar-refractivity contribution is -0.231. The summed E-state index contributed by atoms with van der Waals surface area (Å²) in [7, 11) is 0. The Hall–Kier alpha value is -1.41. The summed E-state index contributed by atoms with van der Waals surface area (Å²) in [6.45, 7) is 3.94. The van der Waals surface area contributed by atoms with Crippen LogP contribution in [0.15, 0.2) is 47.4 Å². The highest BCUT2D eigenvalue weighted by atomic mass is 32.2. The van der Waals surface area contributed by atoms with Crippen LogP contribution in [0, 0.1) is 0 Å². The van der Waals surface area contributed by atoms with Crippen molar-refractivity contribution in [3.8, 4) is 0 Å². The fourth-order valence-corrected chi connectivity index (χ4v) is 5.43. The zero-order chi connectivity index (χ0) is 20.7. The number of ether oxygens (including phenoxy) is 1. The highest BCUT2D eigenvalue weighted by molar-refractivity contribution is 7.99. The lowest BCUT2D eigenvalue weighted by Crippen LogP contribution is -2.55. The van der Waals surface area contributed by atoms with Crippen molar-refractivity contribution in [2.45, 2.75) is 61.1 Å². The van der Waals surface area contributed by atoms with Crippen LogP contribution in [0.2, 0.25) is 0 Å². The Bertz CT molecular complexity index is 851. The molecule has 0 amide bonds. The van der Waals surface area contributed by atoms with Gasteiger partial charge < -0.3 is 25.2 Å². The number of aliphatic hydroxyl groups is 4. The molecule has 156 valence electrons. The molecule has 2 aromatic rings. The Labute approximate surface area is 175 Å². The normalized spacial score (nSPS) is 31.8. The van der Waals surface area contributed by atoms with Gasteiger partial charge in [-0.25, -0.2) is 0 Å². The van der Waals surface area contributed by atoms with Gasteiger partial charge in [-0.15, -0.1) is 11.8 Å². The largest absolute Gasteiger partial charge is 0.394 e. The Morgan fingerprint density at radius 2 is 1.66 bits per heavy atom. The molecule has 4 N–H and O–H groups in total. The summed E-state index contributed by atoms with van der Waals surface area (Å²) in [5.74, 6) is 1.70. The number of aliphatic hydroxyl groups excluding tert-OH is 4. The molecule has 6 atom stereocenters. The van der Waals surface area contributed by atoms with Gasteiger partial charge in [0.15, 0.2) is 0 Å². The van der Waals surface area contributed by atoms with Crippen LogP contribution in [0.25, 0.3) is 0 Å². The van der Waals surface area contributed by atoms with Gasteiger partial charge in [-0.05, 0) is 34.2 Å². The predicted molar refractivity (Wildman–Crippen MR) is 112 cm³/mol. The highest BCUT2D eigenvalue weighted by Crippen LogP contribution is 2.45. The number of hydrogen-bond acceptors (Lipinski definition) is 6. The van der Waals surface area contributed by atoms with E-state index in [1.54, 1.807) is 0 Å². The van der Waals surface area contributed by atoms with E-state index < -0.39 is 37.1 Å². The van der Waals surface area contributed by atoms with E-state index in [1.807, 2.05) is 30.0 Å². The summed E-state index contributed by atoms with van der Waals surface area (Å²) >= 11 is 1.81. The lowest BCUT2D eigenvalue weighted by atomic mass is 9.87. The molecule has 0 bridgehead atoms.